The molecule has 0 aromatic heterocycles. The number of quaternary nitrogens is 1. The van der Waals surface area contributed by atoms with Gasteiger partial charge in [0.15, 0.2) is 0 Å². The van der Waals surface area contributed by atoms with Crippen molar-refractivity contribution in [1.82, 2.24) is 10.6 Å². The number of carbonyl (C=O) groups excluding carboxylic acids is 2. The molecule has 3 N–H and O–H groups in total. The average Bonchev–Trinajstić information content (AvgIpc) is 3.06. The van der Waals surface area contributed by atoms with Crippen molar-refractivity contribution in [2.45, 2.75) is 38.1 Å². The summed E-state index contributed by atoms with van der Waals surface area (Å²) in [5.41, 5.74) is 0.829. The molecule has 3 amide bonds. The molecule has 0 unspecified atom stereocenters. The van der Waals surface area contributed by atoms with Crippen LogP contribution in [0.1, 0.15) is 32.1 Å². The molecule has 27 heavy (non-hydrogen) atoms. The van der Waals surface area contributed by atoms with Gasteiger partial charge in [0.25, 0.3) is 0 Å². The first-order chi connectivity index (χ1) is 13.2. The molecule has 7 heteroatoms. The van der Waals surface area contributed by atoms with Crippen LogP contribution in [0.3, 0.4) is 0 Å². The number of rotatable bonds is 7. The van der Waals surface area contributed by atoms with E-state index < -0.39 is 0 Å². The van der Waals surface area contributed by atoms with Crippen LogP contribution in [-0.4, -0.2) is 57.8 Å². The normalized spacial score (nSPS) is 20.6. The molecule has 3 rings (SSSR count). The Kier molecular flexibility index (Phi) is 6.92. The predicted octanol–water partition coefficient (Wildman–Crippen LogP) is 0.559. The molecule has 1 aromatic rings. The lowest BCUT2D eigenvalue weighted by Gasteiger charge is -2.23. The van der Waals surface area contributed by atoms with Gasteiger partial charge >= 0.3 is 6.03 Å². The van der Waals surface area contributed by atoms with E-state index in [0.717, 1.165) is 24.4 Å². The van der Waals surface area contributed by atoms with Crippen LogP contribution in [0, 0.1) is 0 Å². The monoisotopic (exact) mass is 375 g/mol. The van der Waals surface area contributed by atoms with Gasteiger partial charge in [-0.25, -0.2) is 4.79 Å². The zero-order chi connectivity index (χ0) is 19.1. The Hall–Kier alpha value is -2.28. The van der Waals surface area contributed by atoms with Gasteiger partial charge in [0.2, 0.25) is 5.91 Å². The Labute approximate surface area is 161 Å². The number of benzene rings is 1. The highest BCUT2D eigenvalue weighted by molar-refractivity contribution is 5.96. The summed E-state index contributed by atoms with van der Waals surface area (Å²) in [6, 6.07) is 7.05. The highest BCUT2D eigenvalue weighted by Crippen LogP contribution is 2.24. The minimum absolute atomic E-state index is 0.0270. The van der Waals surface area contributed by atoms with E-state index in [1.54, 1.807) is 16.9 Å². The fourth-order valence-corrected chi connectivity index (χ4v) is 3.89. The van der Waals surface area contributed by atoms with Crippen molar-refractivity contribution >= 4 is 17.6 Å². The molecule has 2 fully saturated rings. The summed E-state index contributed by atoms with van der Waals surface area (Å²) in [5, 5.41) is 5.85. The first-order valence-electron chi connectivity index (χ1n) is 9.98. The minimum atomic E-state index is -0.182. The SMILES string of the molecule is COc1ccc(N2C[C@H](NC(=O)NCCC[NH+]3CCCCC3)CC2=O)cc1. The van der Waals surface area contributed by atoms with Crippen LogP contribution in [0.25, 0.3) is 0 Å². The summed E-state index contributed by atoms with van der Waals surface area (Å²) in [6.07, 6.45) is 5.33. The lowest BCUT2D eigenvalue weighted by molar-refractivity contribution is -0.904. The van der Waals surface area contributed by atoms with Gasteiger partial charge in [0, 0.05) is 31.6 Å². The number of hydrogen-bond donors (Lipinski definition) is 3. The van der Waals surface area contributed by atoms with Gasteiger partial charge in [-0.3, -0.25) is 4.79 Å². The van der Waals surface area contributed by atoms with Crippen molar-refractivity contribution in [3.63, 3.8) is 0 Å². The lowest BCUT2D eigenvalue weighted by Crippen LogP contribution is -3.12. The molecule has 2 heterocycles. The fourth-order valence-electron chi connectivity index (χ4n) is 3.89. The van der Waals surface area contributed by atoms with Crippen molar-refractivity contribution in [3.05, 3.63) is 24.3 Å². The van der Waals surface area contributed by atoms with Gasteiger partial charge < -0.3 is 25.2 Å². The van der Waals surface area contributed by atoms with E-state index in [-0.39, 0.29) is 18.0 Å². The second-order valence-electron chi connectivity index (χ2n) is 7.42. The summed E-state index contributed by atoms with van der Waals surface area (Å²) in [5.74, 6) is 0.782. The van der Waals surface area contributed by atoms with Crippen LogP contribution in [0.5, 0.6) is 5.75 Å². The third kappa shape index (κ3) is 5.60. The lowest BCUT2D eigenvalue weighted by atomic mass is 10.1. The van der Waals surface area contributed by atoms with Crippen LogP contribution in [-0.2, 0) is 4.79 Å². The summed E-state index contributed by atoms with van der Waals surface area (Å²) in [7, 11) is 1.61. The molecule has 0 saturated carbocycles. The molecule has 148 valence electrons. The number of methoxy groups -OCH3 is 1. The van der Waals surface area contributed by atoms with Gasteiger partial charge in [-0.1, -0.05) is 0 Å². The van der Waals surface area contributed by atoms with E-state index in [1.165, 1.54) is 32.4 Å². The Morgan fingerprint density at radius 1 is 1.22 bits per heavy atom. The molecule has 2 aliphatic rings. The maximum absolute atomic E-state index is 12.3. The number of amides is 3. The summed E-state index contributed by atoms with van der Waals surface area (Å²) in [6.45, 7) is 4.82. The second kappa shape index (κ2) is 9.60. The molecule has 2 aliphatic heterocycles. The Bertz CT molecular complexity index is 629. The van der Waals surface area contributed by atoms with E-state index in [2.05, 4.69) is 10.6 Å². The summed E-state index contributed by atoms with van der Waals surface area (Å²) in [4.78, 5) is 27.8. The van der Waals surface area contributed by atoms with Crippen molar-refractivity contribution in [2.24, 2.45) is 0 Å². The third-order valence-corrected chi connectivity index (χ3v) is 5.40. The smallest absolute Gasteiger partial charge is 0.315 e. The molecular weight excluding hydrogens is 344 g/mol. The van der Waals surface area contributed by atoms with E-state index in [1.807, 2.05) is 24.3 Å². The number of piperidine rings is 1. The molecule has 1 aromatic carbocycles. The van der Waals surface area contributed by atoms with Crippen LogP contribution < -0.4 is 25.2 Å². The van der Waals surface area contributed by atoms with Crippen molar-refractivity contribution in [2.75, 3.05) is 44.7 Å². The second-order valence-corrected chi connectivity index (χ2v) is 7.42. The van der Waals surface area contributed by atoms with Gasteiger partial charge in [0.1, 0.15) is 5.75 Å². The minimum Gasteiger partial charge on any atom is -0.497 e. The van der Waals surface area contributed by atoms with Crippen molar-refractivity contribution < 1.29 is 19.2 Å². The topological polar surface area (TPSA) is 75.1 Å². The van der Waals surface area contributed by atoms with Gasteiger partial charge in [0.05, 0.1) is 32.8 Å². The highest BCUT2D eigenvalue weighted by atomic mass is 16.5. The summed E-state index contributed by atoms with van der Waals surface area (Å²) < 4.78 is 5.15. The van der Waals surface area contributed by atoms with Gasteiger partial charge in [-0.15, -0.1) is 0 Å². The van der Waals surface area contributed by atoms with E-state index in [9.17, 15) is 9.59 Å². The molecule has 0 bridgehead atoms. The molecule has 0 radical (unpaired) electrons. The number of anilines is 1. The summed E-state index contributed by atoms with van der Waals surface area (Å²) >= 11 is 0. The Balaban J connectivity index is 1.37. The highest BCUT2D eigenvalue weighted by Gasteiger charge is 2.31. The maximum atomic E-state index is 12.3. The van der Waals surface area contributed by atoms with Crippen LogP contribution in [0.4, 0.5) is 10.5 Å². The number of likely N-dealkylation sites (tertiary alicyclic amines) is 1. The van der Waals surface area contributed by atoms with Crippen LogP contribution in [0.2, 0.25) is 0 Å². The first-order valence-corrected chi connectivity index (χ1v) is 9.98. The zero-order valence-corrected chi connectivity index (χ0v) is 16.1. The van der Waals surface area contributed by atoms with Crippen LogP contribution >= 0.6 is 0 Å². The number of carbonyl (C=O) groups is 2. The molecule has 2 saturated heterocycles. The first kappa shape index (κ1) is 19.5. The zero-order valence-electron chi connectivity index (χ0n) is 16.1. The molecule has 0 spiro atoms. The average molecular weight is 375 g/mol. The molecule has 0 aliphatic carbocycles. The fraction of sp³-hybridized carbons (Fsp3) is 0.600. The number of nitrogens with zero attached hydrogens (tertiary/aromatic N) is 1. The van der Waals surface area contributed by atoms with Gasteiger partial charge in [-0.05, 0) is 43.5 Å². The Morgan fingerprint density at radius 2 is 1.96 bits per heavy atom. The van der Waals surface area contributed by atoms with Crippen LogP contribution in [0.15, 0.2) is 24.3 Å². The molecule has 1 atom stereocenters. The Morgan fingerprint density at radius 3 is 2.67 bits per heavy atom. The predicted molar refractivity (Wildman–Crippen MR) is 104 cm³/mol. The number of nitrogens with one attached hydrogen (secondary N) is 3. The van der Waals surface area contributed by atoms with E-state index in [4.69, 9.17) is 4.74 Å². The third-order valence-electron chi connectivity index (χ3n) is 5.40. The maximum Gasteiger partial charge on any atom is 0.315 e. The van der Waals surface area contributed by atoms with Crippen molar-refractivity contribution in [3.8, 4) is 5.75 Å². The standard InChI is InChI=1S/C20H30N4O3/c1-27-18-8-6-17(7-9-18)24-15-16(14-19(24)25)22-20(26)21-10-5-13-23-11-3-2-4-12-23/h6-9,16H,2-5,10-15H2,1H3,(H2,21,22,26)/p+1/t16-/m1/s1. The van der Waals surface area contributed by atoms with E-state index >= 15 is 0 Å². The largest absolute Gasteiger partial charge is 0.497 e. The number of urea groups is 1. The quantitative estimate of drug-likeness (QED) is 0.610. The van der Waals surface area contributed by atoms with Gasteiger partial charge in [-0.2, -0.15) is 0 Å². The van der Waals surface area contributed by atoms with E-state index in [0.29, 0.717) is 19.5 Å². The molecular formula is C20H31N4O3+. The number of hydrogen-bond acceptors (Lipinski definition) is 3. The molecule has 7 nitrogen and oxygen atoms in total. The number of ether oxygens (including phenoxy) is 1. The van der Waals surface area contributed by atoms with Crippen molar-refractivity contribution in [1.29, 1.82) is 0 Å².